The summed E-state index contributed by atoms with van der Waals surface area (Å²) in [6.07, 6.45) is -1.62. The number of H-pyrrole nitrogens is 1. The molecule has 1 saturated heterocycles. The average molecular weight is 540 g/mol. The Hall–Kier alpha value is -3.11. The molecule has 0 radical (unpaired) electrons. The molecule has 1 aliphatic heterocycles. The van der Waals surface area contributed by atoms with Gasteiger partial charge in [0.15, 0.2) is 6.23 Å². The first-order chi connectivity index (χ1) is 16.7. The molecule has 1 aliphatic rings. The number of benzene rings is 2. The predicted octanol–water partition coefficient (Wildman–Crippen LogP) is 3.87. The summed E-state index contributed by atoms with van der Waals surface area (Å²) >= 11 is 17.6. The van der Waals surface area contributed by atoms with Crippen molar-refractivity contribution in [2.45, 2.75) is 24.9 Å². The second-order valence-corrected chi connectivity index (χ2v) is 8.86. The molecule has 12 heteroatoms. The van der Waals surface area contributed by atoms with E-state index in [1.807, 2.05) is 0 Å². The van der Waals surface area contributed by atoms with E-state index >= 15 is 0 Å². The van der Waals surface area contributed by atoms with Gasteiger partial charge in [0.1, 0.15) is 17.7 Å². The second kappa shape index (κ2) is 10.7. The summed E-state index contributed by atoms with van der Waals surface area (Å²) in [6, 6.07) is 12.2. The first-order valence-corrected chi connectivity index (χ1v) is 11.4. The number of carbonyl (C=O) groups excluding carboxylic acids is 2. The summed E-state index contributed by atoms with van der Waals surface area (Å²) in [5.41, 5.74) is -1.05. The normalized spacial score (nSPS) is 19.3. The number of ether oxygens (including phenoxy) is 3. The van der Waals surface area contributed by atoms with E-state index in [2.05, 4.69) is 4.98 Å². The van der Waals surface area contributed by atoms with Crippen LogP contribution in [0.5, 0.6) is 0 Å². The van der Waals surface area contributed by atoms with Gasteiger partial charge >= 0.3 is 17.6 Å². The number of halogens is 3. The van der Waals surface area contributed by atoms with Gasteiger partial charge in [-0.3, -0.25) is 14.3 Å². The monoisotopic (exact) mass is 538 g/mol. The molecule has 4 rings (SSSR count). The third-order valence-electron chi connectivity index (χ3n) is 5.16. The molecule has 2 aromatic carbocycles. The Morgan fingerprint density at radius 2 is 1.51 bits per heavy atom. The summed E-state index contributed by atoms with van der Waals surface area (Å²) in [6.45, 7) is -0.182. The molecule has 0 amide bonds. The Morgan fingerprint density at radius 3 is 2.11 bits per heavy atom. The predicted molar refractivity (Wildman–Crippen MR) is 127 cm³/mol. The topological polar surface area (TPSA) is 117 Å². The van der Waals surface area contributed by atoms with Crippen LogP contribution in [0.15, 0.2) is 64.3 Å². The lowest BCUT2D eigenvalue weighted by Gasteiger charge is -2.21. The molecule has 0 unspecified atom stereocenters. The molecule has 182 valence electrons. The fourth-order valence-corrected chi connectivity index (χ4v) is 3.86. The van der Waals surface area contributed by atoms with Crippen molar-refractivity contribution in [2.75, 3.05) is 6.61 Å². The van der Waals surface area contributed by atoms with Gasteiger partial charge in [-0.2, -0.15) is 0 Å². The molecular weight excluding hydrogens is 523 g/mol. The minimum Gasteiger partial charge on any atom is -0.459 e. The molecular formula is C23H17Cl3N2O7. The van der Waals surface area contributed by atoms with Crippen molar-refractivity contribution in [3.8, 4) is 0 Å². The number of esters is 2. The van der Waals surface area contributed by atoms with E-state index in [0.29, 0.717) is 15.6 Å². The van der Waals surface area contributed by atoms with Gasteiger partial charge in [-0.15, -0.1) is 0 Å². The van der Waals surface area contributed by atoms with Crippen LogP contribution in [0, 0.1) is 0 Å². The SMILES string of the molecule is O=C(OC[C@@H]1C[C@@H](OC(=O)c2ccc(Cl)cc2)[C@H](n2cc(Cl)c(=O)[nH]c2=O)O1)c1ccc(Cl)cc1. The minimum atomic E-state index is -1.13. The Morgan fingerprint density at radius 1 is 0.943 bits per heavy atom. The van der Waals surface area contributed by atoms with Crippen molar-refractivity contribution >= 4 is 46.7 Å². The number of rotatable bonds is 6. The molecule has 2 heterocycles. The Labute approximate surface area is 213 Å². The largest absolute Gasteiger partial charge is 0.459 e. The lowest BCUT2D eigenvalue weighted by molar-refractivity contribution is -0.0631. The molecule has 1 N–H and O–H groups in total. The van der Waals surface area contributed by atoms with Crippen LogP contribution in [0.3, 0.4) is 0 Å². The average Bonchev–Trinajstić information content (AvgIpc) is 3.23. The Kier molecular flexibility index (Phi) is 7.61. The van der Waals surface area contributed by atoms with Crippen molar-refractivity contribution < 1.29 is 23.8 Å². The maximum atomic E-state index is 12.7. The molecule has 1 fully saturated rings. The van der Waals surface area contributed by atoms with E-state index in [1.165, 1.54) is 36.4 Å². The van der Waals surface area contributed by atoms with Crippen molar-refractivity contribution in [1.82, 2.24) is 9.55 Å². The maximum Gasteiger partial charge on any atom is 0.338 e. The van der Waals surface area contributed by atoms with Gasteiger partial charge in [-0.25, -0.2) is 14.4 Å². The van der Waals surface area contributed by atoms with E-state index < -0.39 is 41.6 Å². The van der Waals surface area contributed by atoms with Crippen LogP contribution in [0.1, 0.15) is 33.4 Å². The van der Waals surface area contributed by atoms with E-state index in [9.17, 15) is 19.2 Å². The van der Waals surface area contributed by atoms with E-state index in [-0.39, 0.29) is 23.6 Å². The summed E-state index contributed by atoms with van der Waals surface area (Å²) < 4.78 is 17.8. The van der Waals surface area contributed by atoms with Crippen LogP contribution in [0.4, 0.5) is 0 Å². The van der Waals surface area contributed by atoms with E-state index in [0.717, 1.165) is 10.8 Å². The van der Waals surface area contributed by atoms with Crippen LogP contribution in [0.2, 0.25) is 15.1 Å². The fraction of sp³-hybridized carbons (Fsp3) is 0.217. The number of hydrogen-bond acceptors (Lipinski definition) is 7. The zero-order valence-electron chi connectivity index (χ0n) is 17.8. The van der Waals surface area contributed by atoms with Crippen molar-refractivity contribution in [3.05, 3.63) is 102 Å². The Bertz CT molecular complexity index is 1350. The highest BCUT2D eigenvalue weighted by Gasteiger charge is 2.40. The number of hydrogen-bond donors (Lipinski definition) is 1. The summed E-state index contributed by atoms with van der Waals surface area (Å²) in [5, 5.41) is 0.660. The van der Waals surface area contributed by atoms with Gasteiger partial charge in [0.05, 0.1) is 17.2 Å². The van der Waals surface area contributed by atoms with Crippen LogP contribution in [-0.2, 0) is 14.2 Å². The molecule has 3 aromatic rings. The van der Waals surface area contributed by atoms with Crippen LogP contribution < -0.4 is 11.2 Å². The molecule has 3 atom stereocenters. The number of aromatic nitrogens is 2. The van der Waals surface area contributed by atoms with Crippen molar-refractivity contribution in [2.24, 2.45) is 0 Å². The first kappa shape index (κ1) is 25.0. The van der Waals surface area contributed by atoms with E-state index in [1.54, 1.807) is 12.1 Å². The minimum absolute atomic E-state index is 0.0983. The van der Waals surface area contributed by atoms with Crippen LogP contribution >= 0.6 is 34.8 Å². The third kappa shape index (κ3) is 5.94. The van der Waals surface area contributed by atoms with Gasteiger partial charge in [0, 0.05) is 22.7 Å². The van der Waals surface area contributed by atoms with Gasteiger partial charge in [-0.05, 0) is 48.5 Å². The maximum absolute atomic E-state index is 12.7. The number of carbonyl (C=O) groups is 2. The number of nitrogens with one attached hydrogen (secondary N) is 1. The number of nitrogens with zero attached hydrogens (tertiary/aromatic N) is 1. The highest BCUT2D eigenvalue weighted by Crippen LogP contribution is 2.32. The van der Waals surface area contributed by atoms with Gasteiger partial charge in [0.2, 0.25) is 0 Å². The smallest absolute Gasteiger partial charge is 0.338 e. The zero-order valence-corrected chi connectivity index (χ0v) is 20.0. The van der Waals surface area contributed by atoms with E-state index in [4.69, 9.17) is 49.0 Å². The molecule has 0 aliphatic carbocycles. The molecule has 0 saturated carbocycles. The first-order valence-electron chi connectivity index (χ1n) is 10.3. The van der Waals surface area contributed by atoms with Crippen LogP contribution in [-0.4, -0.2) is 40.3 Å². The zero-order chi connectivity index (χ0) is 25.1. The summed E-state index contributed by atoms with van der Waals surface area (Å²) in [7, 11) is 0. The highest BCUT2D eigenvalue weighted by molar-refractivity contribution is 6.31. The van der Waals surface area contributed by atoms with Crippen molar-refractivity contribution in [1.29, 1.82) is 0 Å². The fourth-order valence-electron chi connectivity index (χ4n) is 3.45. The van der Waals surface area contributed by atoms with Gasteiger partial charge in [-0.1, -0.05) is 34.8 Å². The van der Waals surface area contributed by atoms with Gasteiger partial charge in [0.25, 0.3) is 5.56 Å². The lowest BCUT2D eigenvalue weighted by Crippen LogP contribution is -2.37. The summed E-state index contributed by atoms with van der Waals surface area (Å²) in [5.74, 6) is -1.28. The lowest BCUT2D eigenvalue weighted by atomic mass is 10.2. The van der Waals surface area contributed by atoms with Gasteiger partial charge < -0.3 is 14.2 Å². The second-order valence-electron chi connectivity index (χ2n) is 7.58. The Balaban J connectivity index is 1.53. The molecule has 0 spiro atoms. The molecule has 1 aromatic heterocycles. The standard InChI is InChI=1S/C23H17Cl3N2O7/c24-14-5-1-12(2-6-14)21(30)33-11-16-9-18(35-22(31)13-3-7-15(25)8-4-13)20(34-16)28-10-17(26)19(29)27-23(28)32/h1-8,10,16,18,20H,9,11H2,(H,27,29,32)/t16-,18+,20+/m0/s1. The summed E-state index contributed by atoms with van der Waals surface area (Å²) in [4.78, 5) is 51.2. The molecule has 9 nitrogen and oxygen atoms in total. The third-order valence-corrected chi connectivity index (χ3v) is 5.94. The van der Waals surface area contributed by atoms with Crippen LogP contribution in [0.25, 0.3) is 0 Å². The number of aromatic amines is 1. The quantitative estimate of drug-likeness (QED) is 0.473. The molecule has 0 bridgehead atoms. The highest BCUT2D eigenvalue weighted by atomic mass is 35.5. The van der Waals surface area contributed by atoms with Crippen molar-refractivity contribution in [3.63, 3.8) is 0 Å². The molecule has 35 heavy (non-hydrogen) atoms.